The van der Waals surface area contributed by atoms with Gasteiger partial charge in [0.15, 0.2) is 11.5 Å². The predicted molar refractivity (Wildman–Crippen MR) is 121 cm³/mol. The smallest absolute Gasteiger partial charge is 0.273 e. The number of ether oxygens (including phenoxy) is 2. The van der Waals surface area contributed by atoms with Crippen molar-refractivity contribution >= 4 is 17.5 Å². The molecule has 0 saturated carbocycles. The summed E-state index contributed by atoms with van der Waals surface area (Å²) >= 11 is 6.07. The van der Waals surface area contributed by atoms with E-state index in [1.165, 1.54) is 0 Å². The van der Waals surface area contributed by atoms with E-state index in [1.54, 1.807) is 7.11 Å². The number of nitrogens with one attached hydrogen (secondary N) is 1. The van der Waals surface area contributed by atoms with Crippen LogP contribution < -0.4 is 9.47 Å². The number of nitrogens with zero attached hydrogens (tertiary/aromatic N) is 2. The standard InChI is InChI=1S/C24H26ClN3O3/c1-5-12-31-18-11-8-16(13-19(18)30-4)23-20-21(15-6-9-17(25)10-7-15)26-27-22(20)24(29)28(23)14(2)3/h6-11,13-14,23H,5,12H2,1-4H3,(H,26,27). The summed E-state index contributed by atoms with van der Waals surface area (Å²) in [6.45, 7) is 6.71. The Labute approximate surface area is 187 Å². The number of halogens is 1. The van der Waals surface area contributed by atoms with Crippen LogP contribution in [0.1, 0.15) is 54.8 Å². The van der Waals surface area contributed by atoms with E-state index >= 15 is 0 Å². The first-order valence-corrected chi connectivity index (χ1v) is 10.8. The topological polar surface area (TPSA) is 67.5 Å². The quantitative estimate of drug-likeness (QED) is 0.529. The molecule has 0 spiro atoms. The Morgan fingerprint density at radius 1 is 1.16 bits per heavy atom. The van der Waals surface area contributed by atoms with E-state index in [0.29, 0.717) is 28.8 Å². The lowest BCUT2D eigenvalue weighted by atomic mass is 9.95. The van der Waals surface area contributed by atoms with Gasteiger partial charge in [0.2, 0.25) is 0 Å². The third-order valence-electron chi connectivity index (χ3n) is 5.44. The highest BCUT2D eigenvalue weighted by molar-refractivity contribution is 6.30. The molecule has 6 nitrogen and oxygen atoms in total. The van der Waals surface area contributed by atoms with Gasteiger partial charge in [0.05, 0.1) is 25.5 Å². The van der Waals surface area contributed by atoms with Crippen molar-refractivity contribution in [3.05, 3.63) is 64.3 Å². The van der Waals surface area contributed by atoms with Crippen LogP contribution >= 0.6 is 11.6 Å². The molecule has 7 heteroatoms. The second-order valence-electron chi connectivity index (χ2n) is 7.84. The van der Waals surface area contributed by atoms with E-state index in [2.05, 4.69) is 17.1 Å². The van der Waals surface area contributed by atoms with Gasteiger partial charge in [-0.3, -0.25) is 9.89 Å². The van der Waals surface area contributed by atoms with Crippen LogP contribution in [0.25, 0.3) is 11.3 Å². The fraction of sp³-hybridized carbons (Fsp3) is 0.333. The van der Waals surface area contributed by atoms with E-state index in [0.717, 1.165) is 28.8 Å². The molecule has 0 saturated heterocycles. The molecule has 1 aliphatic heterocycles. The van der Waals surface area contributed by atoms with Crippen molar-refractivity contribution in [1.82, 2.24) is 15.1 Å². The van der Waals surface area contributed by atoms with Gasteiger partial charge < -0.3 is 14.4 Å². The van der Waals surface area contributed by atoms with Crippen molar-refractivity contribution in [2.45, 2.75) is 39.3 Å². The molecule has 1 atom stereocenters. The molecule has 162 valence electrons. The SMILES string of the molecule is CCCOc1ccc(C2c3c(-c4ccc(Cl)cc4)n[nH]c3C(=O)N2C(C)C)cc1OC. The molecule has 1 amide bonds. The van der Waals surface area contributed by atoms with Crippen LogP contribution in [0.2, 0.25) is 5.02 Å². The predicted octanol–water partition coefficient (Wildman–Crippen LogP) is 5.48. The number of amides is 1. The summed E-state index contributed by atoms with van der Waals surface area (Å²) in [5.74, 6) is 1.28. The minimum Gasteiger partial charge on any atom is -0.493 e. The Morgan fingerprint density at radius 3 is 2.55 bits per heavy atom. The van der Waals surface area contributed by atoms with Gasteiger partial charge in [0, 0.05) is 22.2 Å². The number of carbonyl (C=O) groups is 1. The van der Waals surface area contributed by atoms with Crippen LogP contribution in [0.4, 0.5) is 0 Å². The third kappa shape index (κ3) is 3.76. The second-order valence-corrected chi connectivity index (χ2v) is 8.27. The van der Waals surface area contributed by atoms with Gasteiger partial charge in [-0.05, 0) is 50.1 Å². The Morgan fingerprint density at radius 2 is 1.90 bits per heavy atom. The van der Waals surface area contributed by atoms with Crippen molar-refractivity contribution in [3.8, 4) is 22.8 Å². The molecule has 0 radical (unpaired) electrons. The van der Waals surface area contributed by atoms with Crippen molar-refractivity contribution < 1.29 is 14.3 Å². The number of hydrogen-bond acceptors (Lipinski definition) is 4. The summed E-state index contributed by atoms with van der Waals surface area (Å²) < 4.78 is 11.4. The average molecular weight is 440 g/mol. The summed E-state index contributed by atoms with van der Waals surface area (Å²) in [4.78, 5) is 15.1. The van der Waals surface area contributed by atoms with Crippen molar-refractivity contribution in [2.24, 2.45) is 0 Å². The molecule has 4 rings (SSSR count). The third-order valence-corrected chi connectivity index (χ3v) is 5.70. The van der Waals surface area contributed by atoms with Gasteiger partial charge in [0.25, 0.3) is 5.91 Å². The lowest BCUT2D eigenvalue weighted by Crippen LogP contribution is -2.35. The summed E-state index contributed by atoms with van der Waals surface area (Å²) in [7, 11) is 1.63. The Hall–Kier alpha value is -2.99. The lowest BCUT2D eigenvalue weighted by molar-refractivity contribution is 0.0687. The van der Waals surface area contributed by atoms with E-state index in [9.17, 15) is 4.79 Å². The zero-order valence-electron chi connectivity index (χ0n) is 18.1. The number of hydrogen-bond donors (Lipinski definition) is 1. The van der Waals surface area contributed by atoms with E-state index in [4.69, 9.17) is 21.1 Å². The van der Waals surface area contributed by atoms with Crippen LogP contribution in [0.5, 0.6) is 11.5 Å². The van der Waals surface area contributed by atoms with Gasteiger partial charge in [0.1, 0.15) is 5.69 Å². The Bertz CT molecular complexity index is 1090. The van der Waals surface area contributed by atoms with Crippen LogP contribution in [0.15, 0.2) is 42.5 Å². The highest BCUT2D eigenvalue weighted by Gasteiger charge is 2.43. The lowest BCUT2D eigenvalue weighted by Gasteiger charge is -2.30. The molecule has 0 fully saturated rings. The normalized spacial score (nSPS) is 15.5. The minimum absolute atomic E-state index is 0.00150. The molecule has 3 aromatic rings. The van der Waals surface area contributed by atoms with Crippen molar-refractivity contribution in [3.63, 3.8) is 0 Å². The molecule has 0 bridgehead atoms. The molecule has 1 aromatic heterocycles. The van der Waals surface area contributed by atoms with Crippen molar-refractivity contribution in [2.75, 3.05) is 13.7 Å². The number of aromatic amines is 1. The largest absolute Gasteiger partial charge is 0.493 e. The Balaban J connectivity index is 1.85. The number of aromatic nitrogens is 2. The molecule has 0 aliphatic carbocycles. The molecule has 2 heterocycles. The second kappa shape index (κ2) is 8.63. The van der Waals surface area contributed by atoms with Gasteiger partial charge in [-0.2, -0.15) is 5.10 Å². The van der Waals surface area contributed by atoms with Crippen molar-refractivity contribution in [1.29, 1.82) is 0 Å². The summed E-state index contributed by atoms with van der Waals surface area (Å²) in [5, 5.41) is 8.11. The first-order valence-electron chi connectivity index (χ1n) is 10.4. The number of methoxy groups -OCH3 is 1. The number of rotatable bonds is 7. The number of carbonyl (C=O) groups excluding carboxylic acids is 1. The maximum Gasteiger partial charge on any atom is 0.273 e. The first-order chi connectivity index (χ1) is 15.0. The molecular formula is C24H26ClN3O3. The van der Waals surface area contributed by atoms with Crippen LogP contribution in [0.3, 0.4) is 0 Å². The molecule has 1 N–H and O–H groups in total. The van der Waals surface area contributed by atoms with E-state index < -0.39 is 0 Å². The molecular weight excluding hydrogens is 414 g/mol. The molecule has 2 aromatic carbocycles. The summed E-state index contributed by atoms with van der Waals surface area (Å²) in [5.41, 5.74) is 3.98. The zero-order chi connectivity index (χ0) is 22.1. The minimum atomic E-state index is -0.291. The molecule has 1 aliphatic rings. The first kappa shape index (κ1) is 21.2. The maximum absolute atomic E-state index is 13.3. The van der Waals surface area contributed by atoms with Crippen LogP contribution in [0, 0.1) is 0 Å². The van der Waals surface area contributed by atoms with Gasteiger partial charge in [-0.15, -0.1) is 0 Å². The summed E-state index contributed by atoms with van der Waals surface area (Å²) in [6.07, 6.45) is 0.909. The van der Waals surface area contributed by atoms with Gasteiger partial charge >= 0.3 is 0 Å². The van der Waals surface area contributed by atoms with Gasteiger partial charge in [-0.25, -0.2) is 0 Å². The summed E-state index contributed by atoms with van der Waals surface area (Å²) in [6, 6.07) is 13.0. The van der Waals surface area contributed by atoms with Gasteiger partial charge in [-0.1, -0.05) is 36.7 Å². The Kier molecular flexibility index (Phi) is 5.92. The molecule has 1 unspecified atom stereocenters. The maximum atomic E-state index is 13.3. The fourth-order valence-electron chi connectivity index (χ4n) is 4.04. The van der Waals surface area contributed by atoms with E-state index in [1.807, 2.05) is 61.2 Å². The highest BCUT2D eigenvalue weighted by atomic mass is 35.5. The number of H-pyrrole nitrogens is 1. The zero-order valence-corrected chi connectivity index (χ0v) is 18.9. The number of fused-ring (bicyclic) bond motifs is 1. The van der Waals surface area contributed by atoms with Crippen LogP contribution in [-0.4, -0.2) is 40.8 Å². The highest BCUT2D eigenvalue weighted by Crippen LogP contribution is 2.45. The van der Waals surface area contributed by atoms with E-state index in [-0.39, 0.29) is 18.0 Å². The number of benzene rings is 2. The fourth-order valence-corrected chi connectivity index (χ4v) is 4.16. The monoisotopic (exact) mass is 439 g/mol. The van der Waals surface area contributed by atoms with Crippen LogP contribution in [-0.2, 0) is 0 Å². The average Bonchev–Trinajstić information content (AvgIpc) is 3.32. The molecule has 31 heavy (non-hydrogen) atoms.